The molecule has 18 heavy (non-hydrogen) atoms. The van der Waals surface area contributed by atoms with Crippen LogP contribution in [0.1, 0.15) is 28.2 Å². The molecule has 0 bridgehead atoms. The van der Waals surface area contributed by atoms with E-state index in [2.05, 4.69) is 10.2 Å². The zero-order valence-electron chi connectivity index (χ0n) is 10.7. The first kappa shape index (κ1) is 13.1. The zero-order valence-corrected chi connectivity index (χ0v) is 11.5. The molecular weight excluding hydrogens is 254 g/mol. The summed E-state index contributed by atoms with van der Waals surface area (Å²) in [6.07, 6.45) is 0.514. The monoisotopic (exact) mass is 271 g/mol. The average Bonchev–Trinajstić information content (AvgIpc) is 2.80. The highest BCUT2D eigenvalue weighted by Gasteiger charge is 2.34. The SMILES string of the molecule is Cc1n[nH]c(C)c1C(=O)N(C)C1CCS(=O)(=O)C1. The van der Waals surface area contributed by atoms with E-state index in [9.17, 15) is 13.2 Å². The van der Waals surface area contributed by atoms with Crippen LogP contribution in [0.4, 0.5) is 0 Å². The number of H-pyrrole nitrogens is 1. The van der Waals surface area contributed by atoms with Crippen molar-refractivity contribution in [1.82, 2.24) is 15.1 Å². The fraction of sp³-hybridized carbons (Fsp3) is 0.636. The number of hydrogen-bond acceptors (Lipinski definition) is 4. The Kier molecular flexibility index (Phi) is 3.18. The van der Waals surface area contributed by atoms with Crippen LogP contribution in [0.2, 0.25) is 0 Å². The zero-order chi connectivity index (χ0) is 13.5. The van der Waals surface area contributed by atoms with E-state index in [1.54, 1.807) is 20.9 Å². The van der Waals surface area contributed by atoms with Gasteiger partial charge in [0, 0.05) is 18.8 Å². The second-order valence-corrected chi connectivity index (χ2v) is 7.01. The summed E-state index contributed by atoms with van der Waals surface area (Å²) >= 11 is 0. The van der Waals surface area contributed by atoms with Gasteiger partial charge in [-0.2, -0.15) is 5.10 Å². The molecule has 1 unspecified atom stereocenters. The highest BCUT2D eigenvalue weighted by molar-refractivity contribution is 7.91. The third-order valence-corrected chi connectivity index (χ3v) is 5.17. The maximum atomic E-state index is 12.3. The standard InChI is InChI=1S/C11H17N3O3S/c1-7-10(8(2)13-12-7)11(15)14(3)9-4-5-18(16,17)6-9/h9H,4-6H2,1-3H3,(H,12,13). The van der Waals surface area contributed by atoms with Crippen LogP contribution in [0.25, 0.3) is 0 Å². The van der Waals surface area contributed by atoms with Gasteiger partial charge >= 0.3 is 0 Å². The van der Waals surface area contributed by atoms with Gasteiger partial charge in [0.25, 0.3) is 5.91 Å². The molecule has 1 aliphatic rings. The van der Waals surface area contributed by atoms with Gasteiger partial charge < -0.3 is 4.90 Å². The molecule has 0 saturated carbocycles. The first-order valence-electron chi connectivity index (χ1n) is 5.81. The molecule has 100 valence electrons. The lowest BCUT2D eigenvalue weighted by molar-refractivity contribution is 0.0746. The van der Waals surface area contributed by atoms with E-state index in [1.165, 1.54) is 4.90 Å². The number of carbonyl (C=O) groups excluding carboxylic acids is 1. The Morgan fingerprint density at radius 1 is 1.44 bits per heavy atom. The summed E-state index contributed by atoms with van der Waals surface area (Å²) in [4.78, 5) is 13.8. The van der Waals surface area contributed by atoms with E-state index in [4.69, 9.17) is 0 Å². The molecule has 1 aromatic rings. The third kappa shape index (κ3) is 2.27. The Morgan fingerprint density at radius 2 is 2.11 bits per heavy atom. The predicted octanol–water partition coefficient (Wildman–Crippen LogP) is 0.286. The van der Waals surface area contributed by atoms with E-state index in [0.717, 1.165) is 0 Å². The van der Waals surface area contributed by atoms with Crippen molar-refractivity contribution in [2.24, 2.45) is 0 Å². The molecule has 1 atom stereocenters. The van der Waals surface area contributed by atoms with Crippen LogP contribution >= 0.6 is 0 Å². The molecule has 0 spiro atoms. The number of hydrogen-bond donors (Lipinski definition) is 1. The second kappa shape index (κ2) is 4.38. The van der Waals surface area contributed by atoms with Crippen molar-refractivity contribution >= 4 is 15.7 Å². The summed E-state index contributed by atoms with van der Waals surface area (Å²) in [6, 6.07) is -0.226. The van der Waals surface area contributed by atoms with E-state index in [0.29, 0.717) is 23.4 Å². The number of nitrogens with one attached hydrogen (secondary N) is 1. The lowest BCUT2D eigenvalue weighted by atomic mass is 10.1. The van der Waals surface area contributed by atoms with Gasteiger partial charge in [-0.25, -0.2) is 8.42 Å². The second-order valence-electron chi connectivity index (χ2n) is 4.78. The summed E-state index contributed by atoms with van der Waals surface area (Å²) in [5, 5.41) is 6.75. The largest absolute Gasteiger partial charge is 0.338 e. The van der Waals surface area contributed by atoms with Crippen LogP contribution in [-0.4, -0.2) is 54.0 Å². The molecule has 1 aliphatic heterocycles. The van der Waals surface area contributed by atoms with Crippen molar-refractivity contribution in [3.05, 3.63) is 17.0 Å². The van der Waals surface area contributed by atoms with E-state index in [1.807, 2.05) is 0 Å². The fourth-order valence-electron chi connectivity index (χ4n) is 2.29. The van der Waals surface area contributed by atoms with E-state index in [-0.39, 0.29) is 23.5 Å². The predicted molar refractivity (Wildman–Crippen MR) is 67.2 cm³/mol. The Morgan fingerprint density at radius 3 is 2.56 bits per heavy atom. The number of carbonyl (C=O) groups is 1. The van der Waals surface area contributed by atoms with Crippen LogP contribution in [0.3, 0.4) is 0 Å². The van der Waals surface area contributed by atoms with Gasteiger partial charge in [-0.15, -0.1) is 0 Å². The number of sulfone groups is 1. The van der Waals surface area contributed by atoms with Gasteiger partial charge in [0.2, 0.25) is 0 Å². The summed E-state index contributed by atoms with van der Waals surface area (Å²) in [7, 11) is -1.33. The topological polar surface area (TPSA) is 83.1 Å². The van der Waals surface area contributed by atoms with Gasteiger partial charge in [0.05, 0.1) is 22.8 Å². The van der Waals surface area contributed by atoms with Crippen LogP contribution in [0.5, 0.6) is 0 Å². The molecule has 0 aliphatic carbocycles. The first-order chi connectivity index (χ1) is 8.32. The van der Waals surface area contributed by atoms with Crippen LogP contribution in [0, 0.1) is 13.8 Å². The summed E-state index contributed by atoms with van der Waals surface area (Å²) in [6.45, 7) is 3.54. The normalized spacial score (nSPS) is 22.1. The van der Waals surface area contributed by atoms with Crippen molar-refractivity contribution < 1.29 is 13.2 Å². The number of rotatable bonds is 2. The van der Waals surface area contributed by atoms with Gasteiger partial charge in [-0.3, -0.25) is 9.89 Å². The summed E-state index contributed by atoms with van der Waals surface area (Å²) < 4.78 is 22.9. The minimum atomic E-state index is -2.98. The van der Waals surface area contributed by atoms with Crippen LogP contribution < -0.4 is 0 Å². The van der Waals surface area contributed by atoms with Crippen molar-refractivity contribution in [2.45, 2.75) is 26.3 Å². The molecule has 1 fully saturated rings. The van der Waals surface area contributed by atoms with Crippen molar-refractivity contribution in [3.8, 4) is 0 Å². The molecule has 1 saturated heterocycles. The molecule has 2 rings (SSSR count). The summed E-state index contributed by atoms with van der Waals surface area (Å²) in [5.74, 6) is 0.0601. The van der Waals surface area contributed by atoms with Gasteiger partial charge in [-0.05, 0) is 20.3 Å². The maximum absolute atomic E-state index is 12.3. The minimum Gasteiger partial charge on any atom is -0.338 e. The van der Waals surface area contributed by atoms with Crippen molar-refractivity contribution in [3.63, 3.8) is 0 Å². The number of amides is 1. The quantitative estimate of drug-likeness (QED) is 0.837. The van der Waals surface area contributed by atoms with Crippen LogP contribution in [0.15, 0.2) is 0 Å². The van der Waals surface area contributed by atoms with Crippen molar-refractivity contribution in [2.75, 3.05) is 18.6 Å². The molecule has 1 N–H and O–H groups in total. The summed E-state index contributed by atoms with van der Waals surface area (Å²) in [5.41, 5.74) is 1.90. The number of aryl methyl sites for hydroxylation is 2. The Hall–Kier alpha value is -1.37. The highest BCUT2D eigenvalue weighted by Crippen LogP contribution is 2.20. The molecule has 1 amide bonds. The van der Waals surface area contributed by atoms with E-state index < -0.39 is 9.84 Å². The van der Waals surface area contributed by atoms with Crippen molar-refractivity contribution in [1.29, 1.82) is 0 Å². The molecule has 7 heteroatoms. The lowest BCUT2D eigenvalue weighted by Gasteiger charge is -2.23. The number of aromatic nitrogens is 2. The number of aromatic amines is 1. The highest BCUT2D eigenvalue weighted by atomic mass is 32.2. The molecule has 0 aromatic carbocycles. The van der Waals surface area contributed by atoms with Crippen LogP contribution in [-0.2, 0) is 9.84 Å². The lowest BCUT2D eigenvalue weighted by Crippen LogP contribution is -2.38. The molecule has 1 aromatic heterocycles. The fourth-order valence-corrected chi connectivity index (χ4v) is 4.06. The Balaban J connectivity index is 2.20. The minimum absolute atomic E-state index is 0.0607. The van der Waals surface area contributed by atoms with E-state index >= 15 is 0 Å². The molecule has 2 heterocycles. The van der Waals surface area contributed by atoms with Gasteiger partial charge in [0.1, 0.15) is 0 Å². The Bertz CT molecular complexity index is 557. The first-order valence-corrected chi connectivity index (χ1v) is 7.63. The number of nitrogens with zero attached hydrogens (tertiary/aromatic N) is 2. The molecule has 0 radical (unpaired) electrons. The van der Waals surface area contributed by atoms with Gasteiger partial charge in [-0.1, -0.05) is 0 Å². The Labute approximate surface area is 106 Å². The molecular formula is C11H17N3O3S. The molecule has 6 nitrogen and oxygen atoms in total. The van der Waals surface area contributed by atoms with Gasteiger partial charge in [0.15, 0.2) is 9.84 Å². The maximum Gasteiger partial charge on any atom is 0.257 e. The third-order valence-electron chi connectivity index (χ3n) is 3.42. The average molecular weight is 271 g/mol. The smallest absolute Gasteiger partial charge is 0.257 e.